The Bertz CT molecular complexity index is 293. The van der Waals surface area contributed by atoms with Crippen LogP contribution in [-0.2, 0) is 9.53 Å². The van der Waals surface area contributed by atoms with Gasteiger partial charge in [0, 0.05) is 13.6 Å². The van der Waals surface area contributed by atoms with Crippen molar-refractivity contribution in [1.82, 2.24) is 0 Å². The highest BCUT2D eigenvalue weighted by atomic mass is 28.3. The fourth-order valence-electron chi connectivity index (χ4n) is 1.66. The zero-order chi connectivity index (χ0) is 14.4. The summed E-state index contributed by atoms with van der Waals surface area (Å²) >= 11 is 0. The van der Waals surface area contributed by atoms with Crippen molar-refractivity contribution in [3.63, 3.8) is 0 Å². The van der Waals surface area contributed by atoms with Gasteiger partial charge in [0.25, 0.3) is 0 Å². The molecule has 0 aliphatic carbocycles. The van der Waals surface area contributed by atoms with Crippen LogP contribution in [0, 0.1) is 0 Å². The molecule has 106 valence electrons. The van der Waals surface area contributed by atoms with E-state index in [1.54, 1.807) is 6.92 Å². The van der Waals surface area contributed by atoms with Crippen LogP contribution in [0.2, 0.25) is 25.7 Å². The minimum atomic E-state index is -0.928. The SMILES string of the molecule is C=C(C)C(=O)OCC[N+](C)(C)CCC[Si](C)(C)C. The van der Waals surface area contributed by atoms with Gasteiger partial charge in [-0.25, -0.2) is 4.79 Å². The standard InChI is InChI=1S/C14H30NO2Si/c1-13(2)14(16)17-11-10-15(3,4)9-8-12-18(5,6)7/h1,8-12H2,2-7H3/q+1. The van der Waals surface area contributed by atoms with Gasteiger partial charge >= 0.3 is 5.97 Å². The molecule has 0 aliphatic rings. The van der Waals surface area contributed by atoms with Crippen LogP contribution in [0.5, 0.6) is 0 Å². The summed E-state index contributed by atoms with van der Waals surface area (Å²) in [7, 11) is 3.46. The van der Waals surface area contributed by atoms with E-state index in [0.717, 1.165) is 17.6 Å². The zero-order valence-corrected chi connectivity index (χ0v) is 14.0. The Morgan fingerprint density at radius 3 is 2.22 bits per heavy atom. The maximum absolute atomic E-state index is 11.3. The summed E-state index contributed by atoms with van der Waals surface area (Å²) in [6, 6.07) is 1.36. The summed E-state index contributed by atoms with van der Waals surface area (Å²) in [6.45, 7) is 15.0. The Balaban J connectivity index is 3.87. The van der Waals surface area contributed by atoms with Gasteiger partial charge in [-0.15, -0.1) is 0 Å². The number of esters is 1. The average Bonchev–Trinajstić information content (AvgIpc) is 2.14. The van der Waals surface area contributed by atoms with Gasteiger partial charge in [0.1, 0.15) is 13.2 Å². The molecule has 0 aromatic rings. The lowest BCUT2D eigenvalue weighted by atomic mass is 10.3. The third-order valence-corrected chi connectivity index (χ3v) is 4.82. The molecule has 0 rings (SSSR count). The molecule has 0 saturated heterocycles. The molecule has 18 heavy (non-hydrogen) atoms. The van der Waals surface area contributed by atoms with E-state index < -0.39 is 8.07 Å². The van der Waals surface area contributed by atoms with E-state index >= 15 is 0 Å². The molecular weight excluding hydrogens is 242 g/mol. The molecule has 0 amide bonds. The number of nitrogens with zero attached hydrogens (tertiary/aromatic N) is 1. The molecule has 0 aliphatic heterocycles. The predicted molar refractivity (Wildman–Crippen MR) is 80.4 cm³/mol. The number of carbonyl (C=O) groups excluding carboxylic acids is 1. The summed E-state index contributed by atoms with van der Waals surface area (Å²) in [6.07, 6.45) is 1.26. The van der Waals surface area contributed by atoms with Crippen LogP contribution in [0.3, 0.4) is 0 Å². The lowest BCUT2D eigenvalue weighted by molar-refractivity contribution is -0.890. The lowest BCUT2D eigenvalue weighted by Crippen LogP contribution is -2.43. The van der Waals surface area contributed by atoms with E-state index in [2.05, 4.69) is 40.3 Å². The van der Waals surface area contributed by atoms with Crippen molar-refractivity contribution in [3.05, 3.63) is 12.2 Å². The normalized spacial score (nSPS) is 12.3. The summed E-state index contributed by atoms with van der Waals surface area (Å²) in [4.78, 5) is 11.3. The highest BCUT2D eigenvalue weighted by molar-refractivity contribution is 6.76. The fourth-order valence-corrected chi connectivity index (χ4v) is 2.88. The molecule has 0 bridgehead atoms. The Morgan fingerprint density at radius 1 is 1.22 bits per heavy atom. The highest BCUT2D eigenvalue weighted by Crippen LogP contribution is 2.13. The molecule has 0 atom stereocenters. The summed E-state index contributed by atoms with van der Waals surface area (Å²) < 4.78 is 6.05. The van der Waals surface area contributed by atoms with Crippen molar-refractivity contribution in [2.45, 2.75) is 39.0 Å². The Kier molecular flexibility index (Phi) is 6.85. The first-order valence-corrected chi connectivity index (χ1v) is 10.4. The van der Waals surface area contributed by atoms with E-state index in [4.69, 9.17) is 4.74 Å². The number of ether oxygens (including phenoxy) is 1. The molecule has 0 unspecified atom stereocenters. The predicted octanol–water partition coefficient (Wildman–Crippen LogP) is 2.91. The van der Waals surface area contributed by atoms with Crippen LogP contribution < -0.4 is 0 Å². The number of hydrogen-bond donors (Lipinski definition) is 0. The van der Waals surface area contributed by atoms with Gasteiger partial charge in [-0.2, -0.15) is 0 Å². The zero-order valence-electron chi connectivity index (χ0n) is 13.0. The number of carbonyl (C=O) groups is 1. The molecule has 0 aromatic carbocycles. The van der Waals surface area contributed by atoms with Crippen LogP contribution >= 0.6 is 0 Å². The first-order chi connectivity index (χ1) is 8.03. The molecule has 0 N–H and O–H groups in total. The second-order valence-corrected chi connectivity index (χ2v) is 12.6. The van der Waals surface area contributed by atoms with Crippen LogP contribution in [-0.4, -0.2) is 52.3 Å². The monoisotopic (exact) mass is 272 g/mol. The van der Waals surface area contributed by atoms with Gasteiger partial charge in [-0.3, -0.25) is 0 Å². The third kappa shape index (κ3) is 9.42. The average molecular weight is 272 g/mol. The molecule has 0 fully saturated rings. The van der Waals surface area contributed by atoms with Gasteiger partial charge in [-0.05, 0) is 13.3 Å². The van der Waals surface area contributed by atoms with Gasteiger partial charge in [0.15, 0.2) is 0 Å². The van der Waals surface area contributed by atoms with Crippen molar-refractivity contribution >= 4 is 14.0 Å². The second-order valence-electron chi connectivity index (χ2n) is 6.96. The molecule has 0 saturated carbocycles. The highest BCUT2D eigenvalue weighted by Gasteiger charge is 2.19. The van der Waals surface area contributed by atoms with Crippen LogP contribution in [0.1, 0.15) is 13.3 Å². The van der Waals surface area contributed by atoms with Crippen molar-refractivity contribution in [2.75, 3.05) is 33.8 Å². The summed E-state index contributed by atoms with van der Waals surface area (Å²) in [5, 5.41) is 0. The maximum atomic E-state index is 11.3. The molecule has 0 spiro atoms. The van der Waals surface area contributed by atoms with Crippen molar-refractivity contribution < 1.29 is 14.0 Å². The maximum Gasteiger partial charge on any atom is 0.333 e. The van der Waals surface area contributed by atoms with Crippen LogP contribution in [0.15, 0.2) is 12.2 Å². The fraction of sp³-hybridized carbons (Fsp3) is 0.786. The van der Waals surface area contributed by atoms with Crippen molar-refractivity contribution in [1.29, 1.82) is 0 Å². The van der Waals surface area contributed by atoms with E-state index in [1.165, 1.54) is 12.5 Å². The van der Waals surface area contributed by atoms with E-state index in [-0.39, 0.29) is 5.97 Å². The van der Waals surface area contributed by atoms with Crippen LogP contribution in [0.25, 0.3) is 0 Å². The Labute approximate surface area is 113 Å². The summed E-state index contributed by atoms with van der Waals surface area (Å²) in [5.41, 5.74) is 0.471. The lowest BCUT2D eigenvalue weighted by Gasteiger charge is -2.30. The smallest absolute Gasteiger partial charge is 0.333 e. The van der Waals surface area contributed by atoms with Gasteiger partial charge < -0.3 is 9.22 Å². The molecule has 0 aromatic heterocycles. The largest absolute Gasteiger partial charge is 0.456 e. The summed E-state index contributed by atoms with van der Waals surface area (Å²) in [5.74, 6) is -0.280. The van der Waals surface area contributed by atoms with Gasteiger partial charge in [0.2, 0.25) is 0 Å². The van der Waals surface area contributed by atoms with E-state index in [0.29, 0.717) is 12.2 Å². The van der Waals surface area contributed by atoms with E-state index in [9.17, 15) is 4.79 Å². The molecule has 0 heterocycles. The molecule has 3 nitrogen and oxygen atoms in total. The third-order valence-electron chi connectivity index (χ3n) is 2.97. The second kappa shape index (κ2) is 7.09. The van der Waals surface area contributed by atoms with Crippen molar-refractivity contribution in [2.24, 2.45) is 0 Å². The minimum Gasteiger partial charge on any atom is -0.456 e. The Hall–Kier alpha value is -0.613. The molecule has 0 radical (unpaired) electrons. The van der Waals surface area contributed by atoms with Gasteiger partial charge in [0.05, 0.1) is 20.6 Å². The Morgan fingerprint density at radius 2 is 1.78 bits per heavy atom. The van der Waals surface area contributed by atoms with Crippen LogP contribution in [0.4, 0.5) is 0 Å². The number of likely N-dealkylation sites (N-methyl/N-ethyl adjacent to an activating group) is 1. The minimum absolute atomic E-state index is 0.280. The topological polar surface area (TPSA) is 26.3 Å². The number of hydrogen-bond acceptors (Lipinski definition) is 2. The first kappa shape index (κ1) is 17.4. The van der Waals surface area contributed by atoms with Gasteiger partial charge in [-0.1, -0.05) is 32.3 Å². The molecular formula is C14H30NO2Si+. The van der Waals surface area contributed by atoms with E-state index in [1.807, 2.05) is 0 Å². The number of rotatable bonds is 8. The number of quaternary nitrogens is 1. The quantitative estimate of drug-likeness (QED) is 0.294. The van der Waals surface area contributed by atoms with Crippen molar-refractivity contribution in [3.8, 4) is 0 Å². The molecule has 4 heteroatoms. The first-order valence-electron chi connectivity index (χ1n) is 6.68.